The maximum absolute atomic E-state index is 13.4. The Kier molecular flexibility index (Phi) is 7.28. The largest absolute Gasteiger partial charge is 0.465 e. The summed E-state index contributed by atoms with van der Waals surface area (Å²) < 4.78 is 5.76. The van der Waals surface area contributed by atoms with Gasteiger partial charge < -0.3 is 14.5 Å². The zero-order chi connectivity index (χ0) is 23.6. The molecule has 0 radical (unpaired) electrons. The molecule has 1 atom stereocenters. The van der Waals surface area contributed by atoms with E-state index in [4.69, 9.17) is 4.74 Å². The van der Waals surface area contributed by atoms with Crippen LogP contribution in [0.15, 0.2) is 28.7 Å². The van der Waals surface area contributed by atoms with Crippen LogP contribution in [0.3, 0.4) is 0 Å². The molecule has 3 rings (SSSR count). The van der Waals surface area contributed by atoms with E-state index in [0.717, 1.165) is 4.47 Å². The Morgan fingerprint density at radius 3 is 2.47 bits per heavy atom. The molecule has 1 fully saturated rings. The fourth-order valence-electron chi connectivity index (χ4n) is 3.85. The van der Waals surface area contributed by atoms with Gasteiger partial charge in [-0.15, -0.1) is 0 Å². The maximum Gasteiger partial charge on any atom is 0.342 e. The summed E-state index contributed by atoms with van der Waals surface area (Å²) in [6.07, 6.45) is 0. The Labute approximate surface area is 196 Å². The van der Waals surface area contributed by atoms with Crippen molar-refractivity contribution in [3.63, 3.8) is 0 Å². The minimum atomic E-state index is -0.631. The van der Waals surface area contributed by atoms with Gasteiger partial charge in [0.15, 0.2) is 0 Å². The van der Waals surface area contributed by atoms with Gasteiger partial charge in [-0.1, -0.05) is 35.8 Å². The van der Waals surface area contributed by atoms with Crippen molar-refractivity contribution >= 4 is 33.7 Å². The number of carbonyl (C=O) groups is 3. The van der Waals surface area contributed by atoms with Crippen LogP contribution >= 0.6 is 15.9 Å². The number of esters is 1. The molecule has 0 spiro atoms. The molecule has 0 aliphatic carbocycles. The van der Waals surface area contributed by atoms with E-state index in [9.17, 15) is 14.4 Å². The molecule has 9 heteroatoms. The van der Waals surface area contributed by atoms with Gasteiger partial charge >= 0.3 is 5.97 Å². The first kappa shape index (κ1) is 23.8. The molecule has 2 aromatic rings. The number of hydrogen-bond acceptors (Lipinski definition) is 6. The van der Waals surface area contributed by atoms with Crippen LogP contribution in [0, 0.1) is 6.92 Å². The number of amides is 2. The van der Waals surface area contributed by atoms with Crippen molar-refractivity contribution in [2.75, 3.05) is 26.7 Å². The van der Waals surface area contributed by atoms with Crippen LogP contribution in [0.4, 0.5) is 0 Å². The second-order valence-corrected chi connectivity index (χ2v) is 9.05. The van der Waals surface area contributed by atoms with Crippen molar-refractivity contribution in [2.24, 2.45) is 0 Å². The molecule has 1 unspecified atom stereocenters. The first-order chi connectivity index (χ1) is 15.1. The van der Waals surface area contributed by atoms with Gasteiger partial charge in [-0.05, 0) is 38.0 Å². The number of carbonyl (C=O) groups excluding carboxylic acids is 3. The summed E-state index contributed by atoms with van der Waals surface area (Å²) in [6.45, 7) is 8.45. The lowest BCUT2D eigenvalue weighted by molar-refractivity contribution is 0.0408. The zero-order valence-corrected chi connectivity index (χ0v) is 20.5. The Morgan fingerprint density at radius 1 is 1.16 bits per heavy atom. The van der Waals surface area contributed by atoms with Gasteiger partial charge in [0.1, 0.15) is 17.1 Å². The predicted molar refractivity (Wildman–Crippen MR) is 123 cm³/mol. The third kappa shape index (κ3) is 4.82. The molecule has 0 N–H and O–H groups in total. The summed E-state index contributed by atoms with van der Waals surface area (Å²) in [5.74, 6) is -0.744. The number of piperazine rings is 1. The van der Waals surface area contributed by atoms with E-state index in [0.29, 0.717) is 36.7 Å². The predicted octanol–water partition coefficient (Wildman–Crippen LogP) is 3.44. The number of halogens is 1. The molecule has 1 aromatic carbocycles. The van der Waals surface area contributed by atoms with Gasteiger partial charge in [-0.25, -0.2) is 14.8 Å². The normalized spacial score (nSPS) is 16.3. The number of benzene rings is 1. The minimum absolute atomic E-state index is 0.0482. The number of aryl methyl sites for hydroxylation is 1. The number of methoxy groups -OCH3 is 1. The highest BCUT2D eigenvalue weighted by atomic mass is 79.9. The quantitative estimate of drug-likeness (QED) is 0.594. The lowest BCUT2D eigenvalue weighted by Crippen LogP contribution is -2.55. The Balaban J connectivity index is 1.86. The average molecular weight is 503 g/mol. The van der Waals surface area contributed by atoms with Crippen LogP contribution in [0.25, 0.3) is 0 Å². The summed E-state index contributed by atoms with van der Waals surface area (Å²) in [4.78, 5) is 51.0. The SMILES string of the molecule is COC(=O)c1c(C(=O)N2CCN(C(=O)c3cccc(Br)c3)C(C)C2)nc(C)nc1C(C)C. The number of aromatic nitrogens is 2. The first-order valence-electron chi connectivity index (χ1n) is 10.5. The smallest absolute Gasteiger partial charge is 0.342 e. The van der Waals surface area contributed by atoms with E-state index in [-0.39, 0.29) is 35.0 Å². The van der Waals surface area contributed by atoms with E-state index in [1.54, 1.807) is 28.9 Å². The van der Waals surface area contributed by atoms with Gasteiger partial charge in [-0.3, -0.25) is 9.59 Å². The van der Waals surface area contributed by atoms with Gasteiger partial charge in [0.05, 0.1) is 12.8 Å². The van der Waals surface area contributed by atoms with Crippen LogP contribution in [0.1, 0.15) is 69.4 Å². The Morgan fingerprint density at radius 2 is 1.88 bits per heavy atom. The monoisotopic (exact) mass is 502 g/mol. The zero-order valence-electron chi connectivity index (χ0n) is 18.9. The highest BCUT2D eigenvalue weighted by Gasteiger charge is 2.34. The molecule has 0 saturated carbocycles. The molecular weight excluding hydrogens is 476 g/mol. The summed E-state index contributed by atoms with van der Waals surface area (Å²) in [6, 6.07) is 7.04. The molecule has 2 amide bonds. The first-order valence-corrected chi connectivity index (χ1v) is 11.3. The molecule has 1 aromatic heterocycles. The van der Waals surface area contributed by atoms with Gasteiger partial charge in [0, 0.05) is 35.7 Å². The fourth-order valence-corrected chi connectivity index (χ4v) is 4.25. The Hall–Kier alpha value is -2.81. The van der Waals surface area contributed by atoms with E-state index in [2.05, 4.69) is 25.9 Å². The minimum Gasteiger partial charge on any atom is -0.465 e. The summed E-state index contributed by atoms with van der Waals surface area (Å²) in [5, 5.41) is 0. The van der Waals surface area contributed by atoms with Crippen molar-refractivity contribution in [3.05, 3.63) is 57.1 Å². The second-order valence-electron chi connectivity index (χ2n) is 8.14. The summed E-state index contributed by atoms with van der Waals surface area (Å²) in [7, 11) is 1.27. The van der Waals surface area contributed by atoms with Gasteiger partial charge in [-0.2, -0.15) is 0 Å². The van der Waals surface area contributed by atoms with Crippen molar-refractivity contribution in [1.29, 1.82) is 0 Å². The molecule has 2 heterocycles. The number of ether oxygens (including phenoxy) is 1. The van der Waals surface area contributed by atoms with E-state index >= 15 is 0 Å². The van der Waals surface area contributed by atoms with Crippen LogP contribution in [0.5, 0.6) is 0 Å². The molecule has 1 aliphatic rings. The number of rotatable bonds is 4. The maximum atomic E-state index is 13.4. The summed E-state index contributed by atoms with van der Waals surface area (Å²) >= 11 is 3.40. The molecule has 0 bridgehead atoms. The lowest BCUT2D eigenvalue weighted by Gasteiger charge is -2.40. The van der Waals surface area contributed by atoms with E-state index in [1.165, 1.54) is 7.11 Å². The van der Waals surface area contributed by atoms with Crippen LogP contribution in [-0.4, -0.2) is 70.3 Å². The van der Waals surface area contributed by atoms with Crippen molar-refractivity contribution in [3.8, 4) is 0 Å². The van der Waals surface area contributed by atoms with E-state index in [1.807, 2.05) is 32.9 Å². The van der Waals surface area contributed by atoms with Crippen molar-refractivity contribution in [2.45, 2.75) is 39.7 Å². The molecular formula is C23H27BrN4O4. The van der Waals surface area contributed by atoms with E-state index < -0.39 is 5.97 Å². The average Bonchev–Trinajstić information content (AvgIpc) is 2.76. The van der Waals surface area contributed by atoms with Crippen LogP contribution in [-0.2, 0) is 4.74 Å². The Bertz CT molecular complexity index is 1060. The highest BCUT2D eigenvalue weighted by molar-refractivity contribution is 9.10. The highest BCUT2D eigenvalue weighted by Crippen LogP contribution is 2.24. The molecule has 1 aliphatic heterocycles. The molecule has 1 saturated heterocycles. The molecule has 170 valence electrons. The molecule has 8 nitrogen and oxygen atoms in total. The standard InChI is InChI=1S/C23H27BrN4O4/c1-13(2)19-18(23(31)32-5)20(26-15(4)25-19)22(30)27-9-10-28(14(3)12-27)21(29)16-7-6-8-17(24)11-16/h6-8,11,13-14H,9-10,12H2,1-5H3. The van der Waals surface area contributed by atoms with Gasteiger partial charge in [0.25, 0.3) is 11.8 Å². The third-order valence-corrected chi connectivity index (χ3v) is 5.93. The lowest BCUT2D eigenvalue weighted by atomic mass is 10.0. The third-order valence-electron chi connectivity index (χ3n) is 5.43. The number of hydrogen-bond donors (Lipinski definition) is 0. The van der Waals surface area contributed by atoms with Gasteiger partial charge in [0.2, 0.25) is 0 Å². The molecule has 32 heavy (non-hydrogen) atoms. The van der Waals surface area contributed by atoms with Crippen LogP contribution in [0.2, 0.25) is 0 Å². The fraction of sp³-hybridized carbons (Fsp3) is 0.435. The summed E-state index contributed by atoms with van der Waals surface area (Å²) in [5.41, 5.74) is 1.24. The van der Waals surface area contributed by atoms with Crippen molar-refractivity contribution in [1.82, 2.24) is 19.8 Å². The number of nitrogens with zero attached hydrogens (tertiary/aromatic N) is 4. The van der Waals surface area contributed by atoms with Crippen molar-refractivity contribution < 1.29 is 19.1 Å². The van der Waals surface area contributed by atoms with Crippen LogP contribution < -0.4 is 0 Å². The second kappa shape index (κ2) is 9.77. The topological polar surface area (TPSA) is 92.7 Å².